The molecule has 1 amide bonds. The fourth-order valence-corrected chi connectivity index (χ4v) is 3.61. The standard InChI is InChI=1S/C24H23N3O4/c1-15-18(24(25)28)12-20(19-13-22(31-26-19)17-7-5-4-6-8-17)27(15)14-16-9-10-21(29-2)23(11-16)30-3/h4-13H,14H2,1-3H3,(H2,25,28). The number of primary amides is 1. The summed E-state index contributed by atoms with van der Waals surface area (Å²) in [6.45, 7) is 2.35. The summed E-state index contributed by atoms with van der Waals surface area (Å²) in [5, 5.41) is 4.25. The van der Waals surface area contributed by atoms with Gasteiger partial charge in [-0.25, -0.2) is 0 Å². The Kier molecular flexibility index (Phi) is 5.49. The van der Waals surface area contributed by atoms with Crippen LogP contribution >= 0.6 is 0 Å². The van der Waals surface area contributed by atoms with E-state index in [1.54, 1.807) is 20.3 Å². The highest BCUT2D eigenvalue weighted by molar-refractivity contribution is 5.95. The van der Waals surface area contributed by atoms with Gasteiger partial charge in [-0.2, -0.15) is 0 Å². The molecule has 0 saturated carbocycles. The van der Waals surface area contributed by atoms with Gasteiger partial charge < -0.3 is 24.3 Å². The fraction of sp³-hybridized carbons (Fsp3) is 0.167. The summed E-state index contributed by atoms with van der Waals surface area (Å²) in [5.41, 5.74) is 10.1. The predicted octanol–water partition coefficient (Wildman–Crippen LogP) is 4.28. The number of benzene rings is 2. The molecule has 0 aliphatic rings. The summed E-state index contributed by atoms with van der Waals surface area (Å²) >= 11 is 0. The SMILES string of the molecule is COc1ccc(Cn2c(-c3cc(-c4ccccc4)on3)cc(C(N)=O)c2C)cc1OC. The molecule has 7 nitrogen and oxygen atoms in total. The molecule has 31 heavy (non-hydrogen) atoms. The molecule has 0 bridgehead atoms. The maximum atomic E-state index is 12.0. The third-order valence-electron chi connectivity index (χ3n) is 5.25. The quantitative estimate of drug-likeness (QED) is 0.484. The van der Waals surface area contributed by atoms with Gasteiger partial charge in [-0.3, -0.25) is 4.79 Å². The second-order valence-electron chi connectivity index (χ2n) is 7.11. The zero-order valence-electron chi connectivity index (χ0n) is 17.6. The fourth-order valence-electron chi connectivity index (χ4n) is 3.61. The number of ether oxygens (including phenoxy) is 2. The molecule has 0 unspecified atom stereocenters. The maximum absolute atomic E-state index is 12.0. The van der Waals surface area contributed by atoms with Crippen LogP contribution in [0.4, 0.5) is 0 Å². The number of carbonyl (C=O) groups is 1. The van der Waals surface area contributed by atoms with E-state index in [4.69, 9.17) is 19.7 Å². The zero-order chi connectivity index (χ0) is 22.0. The summed E-state index contributed by atoms with van der Waals surface area (Å²) in [4.78, 5) is 12.0. The Hall–Kier alpha value is -4.00. The molecule has 0 atom stereocenters. The average molecular weight is 417 g/mol. The first-order valence-electron chi connectivity index (χ1n) is 9.75. The molecule has 2 aromatic heterocycles. The van der Waals surface area contributed by atoms with Gasteiger partial charge in [0.15, 0.2) is 17.3 Å². The minimum Gasteiger partial charge on any atom is -0.493 e. The molecule has 4 rings (SSSR count). The topological polar surface area (TPSA) is 92.5 Å². The number of nitrogens with zero attached hydrogens (tertiary/aromatic N) is 2. The maximum Gasteiger partial charge on any atom is 0.250 e. The van der Waals surface area contributed by atoms with Gasteiger partial charge in [-0.05, 0) is 30.7 Å². The Morgan fingerprint density at radius 1 is 1.03 bits per heavy atom. The largest absolute Gasteiger partial charge is 0.493 e. The van der Waals surface area contributed by atoms with Crippen LogP contribution in [0.3, 0.4) is 0 Å². The van der Waals surface area contributed by atoms with Crippen molar-refractivity contribution in [2.45, 2.75) is 13.5 Å². The summed E-state index contributed by atoms with van der Waals surface area (Å²) < 4.78 is 18.3. The van der Waals surface area contributed by atoms with Crippen LogP contribution in [0.5, 0.6) is 11.5 Å². The molecular formula is C24H23N3O4. The van der Waals surface area contributed by atoms with Crippen LogP contribution < -0.4 is 15.2 Å². The van der Waals surface area contributed by atoms with Gasteiger partial charge in [-0.1, -0.05) is 41.6 Å². The van der Waals surface area contributed by atoms with Gasteiger partial charge >= 0.3 is 0 Å². The Labute approximate surface area is 180 Å². The van der Waals surface area contributed by atoms with Crippen LogP contribution in [-0.2, 0) is 6.54 Å². The van der Waals surface area contributed by atoms with Crippen LogP contribution in [0.25, 0.3) is 22.7 Å². The minimum atomic E-state index is -0.489. The van der Waals surface area contributed by atoms with Crippen LogP contribution in [-0.4, -0.2) is 29.9 Å². The first kappa shape index (κ1) is 20.3. The van der Waals surface area contributed by atoms with Crippen molar-refractivity contribution >= 4 is 5.91 Å². The number of amides is 1. The summed E-state index contributed by atoms with van der Waals surface area (Å²) in [7, 11) is 3.19. The average Bonchev–Trinajstić information content (AvgIpc) is 3.40. The van der Waals surface area contributed by atoms with Crippen LogP contribution in [0.2, 0.25) is 0 Å². The lowest BCUT2D eigenvalue weighted by atomic mass is 10.1. The second-order valence-corrected chi connectivity index (χ2v) is 7.11. The normalized spacial score (nSPS) is 10.8. The molecule has 0 aliphatic carbocycles. The molecule has 2 N–H and O–H groups in total. The van der Waals surface area contributed by atoms with Gasteiger partial charge in [0, 0.05) is 23.9 Å². The van der Waals surface area contributed by atoms with Crippen molar-refractivity contribution in [1.82, 2.24) is 9.72 Å². The highest BCUT2D eigenvalue weighted by Gasteiger charge is 2.20. The summed E-state index contributed by atoms with van der Waals surface area (Å²) in [6, 6.07) is 19.0. The summed E-state index contributed by atoms with van der Waals surface area (Å²) in [6.07, 6.45) is 0. The van der Waals surface area contributed by atoms with E-state index in [0.717, 1.165) is 22.5 Å². The number of rotatable bonds is 7. The molecule has 2 aromatic carbocycles. The Bertz CT molecular complexity index is 1230. The molecule has 0 spiro atoms. The number of hydrogen-bond donors (Lipinski definition) is 1. The number of hydrogen-bond acceptors (Lipinski definition) is 5. The second kappa shape index (κ2) is 8.39. The van der Waals surface area contributed by atoms with E-state index in [-0.39, 0.29) is 0 Å². The highest BCUT2D eigenvalue weighted by atomic mass is 16.5. The first-order valence-corrected chi connectivity index (χ1v) is 9.75. The number of carbonyl (C=O) groups excluding carboxylic acids is 1. The lowest BCUT2D eigenvalue weighted by Gasteiger charge is -2.13. The number of nitrogens with two attached hydrogens (primary N) is 1. The molecule has 2 heterocycles. The van der Waals surface area contributed by atoms with E-state index in [9.17, 15) is 4.79 Å². The Morgan fingerprint density at radius 3 is 2.45 bits per heavy atom. The molecular weight excluding hydrogens is 394 g/mol. The van der Waals surface area contributed by atoms with Crippen molar-refractivity contribution in [2.24, 2.45) is 5.73 Å². The molecule has 7 heteroatoms. The van der Waals surface area contributed by atoms with Crippen molar-refractivity contribution in [3.8, 4) is 34.2 Å². The van der Waals surface area contributed by atoms with E-state index in [2.05, 4.69) is 5.16 Å². The van der Waals surface area contributed by atoms with Crippen molar-refractivity contribution < 1.29 is 18.8 Å². The van der Waals surface area contributed by atoms with Crippen molar-refractivity contribution in [2.75, 3.05) is 14.2 Å². The molecule has 0 saturated heterocycles. The first-order chi connectivity index (χ1) is 15.0. The molecule has 0 radical (unpaired) electrons. The molecule has 4 aromatic rings. The smallest absolute Gasteiger partial charge is 0.250 e. The Morgan fingerprint density at radius 2 is 1.77 bits per heavy atom. The molecule has 158 valence electrons. The van der Waals surface area contributed by atoms with Gasteiger partial charge in [0.25, 0.3) is 5.91 Å². The lowest BCUT2D eigenvalue weighted by molar-refractivity contribution is 0.0999. The van der Waals surface area contributed by atoms with Gasteiger partial charge in [-0.15, -0.1) is 0 Å². The lowest BCUT2D eigenvalue weighted by Crippen LogP contribution is -2.12. The zero-order valence-corrected chi connectivity index (χ0v) is 17.6. The van der Waals surface area contributed by atoms with Gasteiger partial charge in [0.05, 0.1) is 25.5 Å². The van der Waals surface area contributed by atoms with Crippen LogP contribution in [0.1, 0.15) is 21.6 Å². The minimum absolute atomic E-state index is 0.444. The van der Waals surface area contributed by atoms with E-state index >= 15 is 0 Å². The summed E-state index contributed by atoms with van der Waals surface area (Å²) in [5.74, 6) is 1.44. The third kappa shape index (κ3) is 3.90. The van der Waals surface area contributed by atoms with Gasteiger partial charge in [0.2, 0.25) is 0 Å². The van der Waals surface area contributed by atoms with Crippen LogP contribution in [0, 0.1) is 6.92 Å². The van der Waals surface area contributed by atoms with Gasteiger partial charge in [0.1, 0.15) is 5.69 Å². The van der Waals surface area contributed by atoms with Crippen LogP contribution in [0.15, 0.2) is 65.2 Å². The number of methoxy groups -OCH3 is 2. The monoisotopic (exact) mass is 417 g/mol. The van der Waals surface area contributed by atoms with Crippen molar-refractivity contribution in [3.63, 3.8) is 0 Å². The van der Waals surface area contributed by atoms with E-state index in [0.29, 0.717) is 35.1 Å². The van der Waals surface area contributed by atoms with Crippen molar-refractivity contribution in [3.05, 3.63) is 77.5 Å². The molecule has 0 aliphatic heterocycles. The predicted molar refractivity (Wildman–Crippen MR) is 117 cm³/mol. The van der Waals surface area contributed by atoms with Crippen molar-refractivity contribution in [1.29, 1.82) is 0 Å². The third-order valence-corrected chi connectivity index (χ3v) is 5.25. The highest BCUT2D eigenvalue weighted by Crippen LogP contribution is 2.32. The number of aromatic nitrogens is 2. The van der Waals surface area contributed by atoms with E-state index in [1.807, 2.05) is 66.1 Å². The molecule has 0 fully saturated rings. The Balaban J connectivity index is 1.77. The van der Waals surface area contributed by atoms with E-state index < -0.39 is 5.91 Å². The van der Waals surface area contributed by atoms with E-state index in [1.165, 1.54) is 0 Å².